The molecule has 0 saturated heterocycles. The average molecular weight is 468 g/mol. The Kier molecular flexibility index (Phi) is 7.55. The molecule has 0 spiro atoms. The molecule has 8 heteroatoms. The number of halogens is 1. The Morgan fingerprint density at radius 1 is 1.06 bits per heavy atom. The Hall–Kier alpha value is -3.58. The lowest BCUT2D eigenvalue weighted by atomic mass is 9.87. The number of aliphatic carboxylic acids is 1. The number of nitrogens with zero attached hydrogens (tertiary/aromatic N) is 2. The first-order valence-electron chi connectivity index (χ1n) is 10.4. The van der Waals surface area contributed by atoms with Gasteiger partial charge in [0.15, 0.2) is 6.61 Å². The molecule has 172 valence electrons. The van der Waals surface area contributed by atoms with Gasteiger partial charge < -0.3 is 15.2 Å². The molecule has 33 heavy (non-hydrogen) atoms. The number of aromatic nitrogens is 1. The van der Waals surface area contributed by atoms with Gasteiger partial charge in [-0.25, -0.2) is 9.59 Å². The number of anilines is 2. The number of benzene rings is 2. The lowest BCUT2D eigenvalue weighted by Crippen LogP contribution is -2.35. The highest BCUT2D eigenvalue weighted by Gasteiger charge is 2.20. The zero-order valence-electron chi connectivity index (χ0n) is 18.7. The maximum atomic E-state index is 13.2. The number of hydrogen-bond acceptors (Lipinski definition) is 4. The van der Waals surface area contributed by atoms with Crippen LogP contribution in [0.3, 0.4) is 0 Å². The van der Waals surface area contributed by atoms with Crippen LogP contribution in [0.2, 0.25) is 5.02 Å². The standard InChI is InChI=1S/C25H26ClN3O4/c1-25(2,3)17-6-8-18(9-7-17)28-24(32)29(15-22-21(26)5-4-14-27-22)19-10-12-20(13-11-19)33-16-23(30)31/h4-14H,15-16H2,1-3H3,(H,28,32)(H,30,31). The molecule has 0 aliphatic heterocycles. The minimum atomic E-state index is -1.07. The highest BCUT2D eigenvalue weighted by Crippen LogP contribution is 2.26. The predicted molar refractivity (Wildman–Crippen MR) is 129 cm³/mol. The van der Waals surface area contributed by atoms with E-state index in [0.717, 1.165) is 5.56 Å². The fourth-order valence-electron chi connectivity index (χ4n) is 3.08. The lowest BCUT2D eigenvalue weighted by Gasteiger charge is -2.24. The maximum absolute atomic E-state index is 13.2. The van der Waals surface area contributed by atoms with E-state index in [4.69, 9.17) is 21.4 Å². The van der Waals surface area contributed by atoms with Crippen LogP contribution < -0.4 is 15.0 Å². The van der Waals surface area contributed by atoms with E-state index < -0.39 is 12.6 Å². The molecule has 2 N–H and O–H groups in total. The Balaban J connectivity index is 1.84. The van der Waals surface area contributed by atoms with Gasteiger partial charge in [0.05, 0.1) is 17.3 Å². The summed E-state index contributed by atoms with van der Waals surface area (Å²) >= 11 is 6.28. The van der Waals surface area contributed by atoms with E-state index in [9.17, 15) is 9.59 Å². The number of carboxylic acids is 1. The number of amides is 2. The number of rotatable bonds is 7. The van der Waals surface area contributed by atoms with Crippen molar-refractivity contribution in [3.05, 3.63) is 83.1 Å². The topological polar surface area (TPSA) is 91.8 Å². The molecule has 0 aliphatic rings. The van der Waals surface area contributed by atoms with E-state index in [0.29, 0.717) is 27.8 Å². The predicted octanol–water partition coefficient (Wildman–Crippen LogP) is 5.73. The number of pyridine rings is 1. The summed E-state index contributed by atoms with van der Waals surface area (Å²) in [6.07, 6.45) is 1.62. The SMILES string of the molecule is CC(C)(C)c1ccc(NC(=O)N(Cc2ncccc2Cl)c2ccc(OCC(=O)O)cc2)cc1. The number of hydrogen-bond donors (Lipinski definition) is 2. The van der Waals surface area contributed by atoms with Gasteiger partial charge in [0.25, 0.3) is 0 Å². The van der Waals surface area contributed by atoms with Gasteiger partial charge in [-0.2, -0.15) is 0 Å². The molecule has 2 amide bonds. The molecule has 0 fully saturated rings. The number of carbonyl (C=O) groups is 2. The molecular weight excluding hydrogens is 442 g/mol. The van der Waals surface area contributed by atoms with Crippen molar-refractivity contribution < 1.29 is 19.4 Å². The van der Waals surface area contributed by atoms with E-state index in [1.165, 1.54) is 4.90 Å². The summed E-state index contributed by atoms with van der Waals surface area (Å²) in [6, 6.07) is 17.4. The van der Waals surface area contributed by atoms with Gasteiger partial charge in [0.1, 0.15) is 5.75 Å². The lowest BCUT2D eigenvalue weighted by molar-refractivity contribution is -0.139. The Morgan fingerprint density at radius 3 is 2.30 bits per heavy atom. The van der Waals surface area contributed by atoms with Gasteiger partial charge in [-0.1, -0.05) is 44.5 Å². The first-order chi connectivity index (χ1) is 15.6. The maximum Gasteiger partial charge on any atom is 0.341 e. The van der Waals surface area contributed by atoms with Crippen molar-refractivity contribution in [1.29, 1.82) is 0 Å². The fourth-order valence-corrected chi connectivity index (χ4v) is 3.26. The molecule has 1 heterocycles. The van der Waals surface area contributed by atoms with Crippen LogP contribution in [0.1, 0.15) is 32.0 Å². The Bertz CT molecular complexity index is 1110. The van der Waals surface area contributed by atoms with Crippen LogP contribution in [-0.4, -0.2) is 28.7 Å². The van der Waals surface area contributed by atoms with Crippen LogP contribution in [0.15, 0.2) is 66.9 Å². The van der Waals surface area contributed by atoms with Crippen LogP contribution in [0.5, 0.6) is 5.75 Å². The van der Waals surface area contributed by atoms with Crippen LogP contribution in [0.25, 0.3) is 0 Å². The molecule has 0 atom stereocenters. The van der Waals surface area contributed by atoms with Crippen LogP contribution in [-0.2, 0) is 16.8 Å². The van der Waals surface area contributed by atoms with E-state index in [1.54, 1.807) is 42.6 Å². The van der Waals surface area contributed by atoms with Crippen molar-refractivity contribution >= 4 is 35.0 Å². The number of urea groups is 1. The Labute approximate surface area is 198 Å². The Morgan fingerprint density at radius 2 is 1.73 bits per heavy atom. The monoisotopic (exact) mass is 467 g/mol. The summed E-state index contributed by atoms with van der Waals surface area (Å²) in [7, 11) is 0. The minimum absolute atomic E-state index is 0.00869. The normalized spacial score (nSPS) is 11.0. The number of carboxylic acid groups (broad SMARTS) is 1. The van der Waals surface area contributed by atoms with Crippen LogP contribution >= 0.6 is 11.6 Å². The minimum Gasteiger partial charge on any atom is -0.482 e. The largest absolute Gasteiger partial charge is 0.482 e. The second-order valence-corrected chi connectivity index (χ2v) is 8.86. The van der Waals surface area contributed by atoms with Gasteiger partial charge in [-0.3, -0.25) is 9.88 Å². The van der Waals surface area contributed by atoms with Gasteiger partial charge in [-0.15, -0.1) is 0 Å². The molecular formula is C25H26ClN3O4. The number of ether oxygens (including phenoxy) is 1. The van der Waals surface area contributed by atoms with E-state index in [1.807, 2.05) is 24.3 Å². The second-order valence-electron chi connectivity index (χ2n) is 8.45. The third kappa shape index (κ3) is 6.70. The third-order valence-electron chi connectivity index (χ3n) is 4.90. The first-order valence-corrected chi connectivity index (χ1v) is 10.7. The van der Waals surface area contributed by atoms with E-state index in [2.05, 4.69) is 31.1 Å². The number of nitrogens with one attached hydrogen (secondary N) is 1. The molecule has 1 aromatic heterocycles. The second kappa shape index (κ2) is 10.4. The van der Waals surface area contributed by atoms with Crippen molar-refractivity contribution in [3.63, 3.8) is 0 Å². The quantitative estimate of drug-likeness (QED) is 0.462. The smallest absolute Gasteiger partial charge is 0.341 e. The van der Waals surface area contributed by atoms with Crippen LogP contribution in [0, 0.1) is 0 Å². The molecule has 3 aromatic rings. The summed E-state index contributed by atoms with van der Waals surface area (Å²) in [5, 5.41) is 12.1. The van der Waals surface area contributed by atoms with E-state index in [-0.39, 0.29) is 18.0 Å². The zero-order valence-corrected chi connectivity index (χ0v) is 19.5. The average Bonchev–Trinajstić information content (AvgIpc) is 2.77. The highest BCUT2D eigenvalue weighted by atomic mass is 35.5. The van der Waals surface area contributed by atoms with Crippen molar-refractivity contribution in [2.24, 2.45) is 0 Å². The summed E-state index contributed by atoms with van der Waals surface area (Å²) in [4.78, 5) is 29.8. The first kappa shape index (κ1) is 24.1. The zero-order chi connectivity index (χ0) is 24.0. The van der Waals surface area contributed by atoms with Crippen molar-refractivity contribution in [2.75, 3.05) is 16.8 Å². The highest BCUT2D eigenvalue weighted by molar-refractivity contribution is 6.31. The van der Waals surface area contributed by atoms with E-state index >= 15 is 0 Å². The van der Waals surface area contributed by atoms with Gasteiger partial charge >= 0.3 is 12.0 Å². The van der Waals surface area contributed by atoms with Gasteiger partial charge in [-0.05, 0) is 59.5 Å². The number of carbonyl (C=O) groups excluding carboxylic acids is 1. The van der Waals surface area contributed by atoms with Crippen molar-refractivity contribution in [3.8, 4) is 5.75 Å². The molecule has 0 radical (unpaired) electrons. The van der Waals surface area contributed by atoms with Gasteiger partial charge in [0.2, 0.25) is 0 Å². The van der Waals surface area contributed by atoms with Crippen molar-refractivity contribution in [2.45, 2.75) is 32.7 Å². The molecule has 0 saturated carbocycles. The summed E-state index contributed by atoms with van der Waals surface area (Å²) in [5.41, 5.74) is 2.95. The van der Waals surface area contributed by atoms with Gasteiger partial charge in [0, 0.05) is 17.6 Å². The molecule has 0 aliphatic carbocycles. The van der Waals surface area contributed by atoms with Crippen LogP contribution in [0.4, 0.5) is 16.2 Å². The molecule has 0 bridgehead atoms. The van der Waals surface area contributed by atoms with Crippen molar-refractivity contribution in [1.82, 2.24) is 4.98 Å². The molecule has 7 nitrogen and oxygen atoms in total. The summed E-state index contributed by atoms with van der Waals surface area (Å²) < 4.78 is 5.18. The molecule has 3 rings (SSSR count). The molecule has 0 unspecified atom stereocenters. The summed E-state index contributed by atoms with van der Waals surface area (Å²) in [5.74, 6) is -0.683. The molecule has 2 aromatic carbocycles. The third-order valence-corrected chi connectivity index (χ3v) is 5.24. The fraction of sp³-hybridized carbons (Fsp3) is 0.240. The summed E-state index contributed by atoms with van der Waals surface area (Å²) in [6.45, 7) is 6.08.